The van der Waals surface area contributed by atoms with Crippen molar-refractivity contribution in [2.75, 3.05) is 13.1 Å². The van der Waals surface area contributed by atoms with Gasteiger partial charge in [0.25, 0.3) is 0 Å². The Labute approximate surface area is 315 Å². The van der Waals surface area contributed by atoms with Crippen LogP contribution < -0.4 is 32.7 Å². The number of benzene rings is 2. The maximum absolute atomic E-state index is 13.9. The average molecular weight is 754 g/mol. The SMILES string of the molecule is CC(C)C[C@H](NC(=O)[C@H](Cc1ccc(O)cc1)NC(=O)[C@H](CN)NC(=O)[C@@H]1CCCN1C(=O)[C@H](CC(C)C)NC(=O)[C@@H](N)Cc1ccc(O)cc1)C(=O)O. The van der Waals surface area contributed by atoms with Crippen LogP contribution in [0.2, 0.25) is 0 Å². The van der Waals surface area contributed by atoms with Crippen LogP contribution in [-0.4, -0.2) is 105 Å². The van der Waals surface area contributed by atoms with Gasteiger partial charge in [-0.15, -0.1) is 0 Å². The van der Waals surface area contributed by atoms with E-state index in [4.69, 9.17) is 11.5 Å². The number of carbonyl (C=O) groups excluding carboxylic acids is 5. The number of nitrogens with zero attached hydrogens (tertiary/aromatic N) is 1. The van der Waals surface area contributed by atoms with Crippen LogP contribution in [-0.2, 0) is 41.6 Å². The van der Waals surface area contributed by atoms with Gasteiger partial charge in [-0.1, -0.05) is 52.0 Å². The van der Waals surface area contributed by atoms with Crippen LogP contribution in [0.4, 0.5) is 0 Å². The lowest BCUT2D eigenvalue weighted by molar-refractivity contribution is -0.143. The maximum atomic E-state index is 13.9. The summed E-state index contributed by atoms with van der Waals surface area (Å²) in [5.41, 5.74) is 13.4. The van der Waals surface area contributed by atoms with E-state index >= 15 is 0 Å². The fraction of sp³-hybridized carbons (Fsp3) is 0.526. The second-order valence-electron chi connectivity index (χ2n) is 14.6. The van der Waals surface area contributed by atoms with Crippen LogP contribution >= 0.6 is 0 Å². The van der Waals surface area contributed by atoms with Crippen molar-refractivity contribution in [2.24, 2.45) is 23.3 Å². The Kier molecular flexibility index (Phi) is 16.2. The lowest BCUT2D eigenvalue weighted by atomic mass is 10.0. The van der Waals surface area contributed by atoms with Gasteiger partial charge in [-0.3, -0.25) is 24.0 Å². The number of hydrogen-bond acceptors (Lipinski definition) is 10. The lowest BCUT2D eigenvalue weighted by Crippen LogP contribution is -2.60. The standard InChI is InChI=1S/C38H55N7O9/c1-21(2)16-29(42-33(48)27(40)18-23-7-11-25(46)12-8-23)37(52)45-15-5-6-32(45)36(51)44-31(20-39)35(50)41-28(19-24-9-13-26(47)14-10-24)34(49)43-30(38(53)54)17-22(3)4/h7-14,21-22,27-32,46-47H,5-6,15-20,39-40H2,1-4H3,(H,41,50)(H,42,48)(H,43,49)(H,44,51)(H,53,54)/t27-,28-,29-,30-,31-,32-/m0/s1. The van der Waals surface area contributed by atoms with Crippen LogP contribution in [0.15, 0.2) is 48.5 Å². The number of phenolic OH excluding ortho intramolecular Hbond substituents is 2. The molecule has 0 aromatic heterocycles. The van der Waals surface area contributed by atoms with E-state index in [9.17, 15) is 44.1 Å². The Morgan fingerprint density at radius 1 is 0.704 bits per heavy atom. The van der Waals surface area contributed by atoms with Crippen LogP contribution in [0.5, 0.6) is 11.5 Å². The van der Waals surface area contributed by atoms with E-state index in [1.54, 1.807) is 24.3 Å². The third-order valence-electron chi connectivity index (χ3n) is 9.09. The number of carboxylic acid groups (broad SMARTS) is 1. The Balaban J connectivity index is 1.73. The number of nitrogens with one attached hydrogen (secondary N) is 4. The van der Waals surface area contributed by atoms with E-state index in [2.05, 4.69) is 21.3 Å². The quantitative estimate of drug-likeness (QED) is 0.0940. The number of amides is 5. The summed E-state index contributed by atoms with van der Waals surface area (Å²) < 4.78 is 0. The van der Waals surface area contributed by atoms with Crippen molar-refractivity contribution in [1.82, 2.24) is 26.2 Å². The van der Waals surface area contributed by atoms with Gasteiger partial charge in [0.05, 0.1) is 6.04 Å². The number of aliphatic carboxylic acids is 1. The molecule has 1 fully saturated rings. The lowest BCUT2D eigenvalue weighted by Gasteiger charge is -2.31. The number of phenols is 2. The third-order valence-corrected chi connectivity index (χ3v) is 9.09. The largest absolute Gasteiger partial charge is 0.508 e. The number of aromatic hydroxyl groups is 2. The molecule has 54 heavy (non-hydrogen) atoms. The van der Waals surface area contributed by atoms with Gasteiger partial charge >= 0.3 is 5.97 Å². The third kappa shape index (κ3) is 13.0. The Hall–Kier alpha value is -5.22. The monoisotopic (exact) mass is 753 g/mol. The number of carboxylic acids is 1. The molecule has 5 amide bonds. The van der Waals surface area contributed by atoms with Crippen molar-refractivity contribution >= 4 is 35.5 Å². The minimum Gasteiger partial charge on any atom is -0.508 e. The molecule has 1 saturated heterocycles. The highest BCUT2D eigenvalue weighted by atomic mass is 16.4. The Bertz CT molecular complexity index is 1600. The minimum atomic E-state index is -1.32. The highest BCUT2D eigenvalue weighted by molar-refractivity contribution is 5.96. The molecule has 296 valence electrons. The van der Waals surface area contributed by atoms with Crippen molar-refractivity contribution in [3.8, 4) is 11.5 Å². The summed E-state index contributed by atoms with van der Waals surface area (Å²) in [6.45, 7) is 7.27. The zero-order valence-electron chi connectivity index (χ0n) is 31.3. The second-order valence-corrected chi connectivity index (χ2v) is 14.6. The molecule has 0 radical (unpaired) electrons. The fourth-order valence-electron chi connectivity index (χ4n) is 6.27. The average Bonchev–Trinajstić information content (AvgIpc) is 3.61. The van der Waals surface area contributed by atoms with Crippen molar-refractivity contribution < 1.29 is 44.1 Å². The first-order valence-electron chi connectivity index (χ1n) is 18.2. The molecule has 16 nitrogen and oxygen atoms in total. The smallest absolute Gasteiger partial charge is 0.326 e. The van der Waals surface area contributed by atoms with Crippen molar-refractivity contribution in [1.29, 1.82) is 0 Å². The predicted octanol–water partition coefficient (Wildman–Crippen LogP) is 0.276. The van der Waals surface area contributed by atoms with Gasteiger partial charge in [0.2, 0.25) is 29.5 Å². The molecule has 2 aromatic rings. The van der Waals surface area contributed by atoms with Crippen LogP contribution in [0, 0.1) is 11.8 Å². The number of likely N-dealkylation sites (tertiary alicyclic amines) is 1. The summed E-state index contributed by atoms with van der Waals surface area (Å²) in [7, 11) is 0. The van der Waals surface area contributed by atoms with Crippen LogP contribution in [0.3, 0.4) is 0 Å². The predicted molar refractivity (Wildman–Crippen MR) is 200 cm³/mol. The first-order valence-corrected chi connectivity index (χ1v) is 18.2. The number of rotatable bonds is 19. The van der Waals surface area contributed by atoms with Crippen molar-refractivity contribution in [3.05, 3.63) is 59.7 Å². The van der Waals surface area contributed by atoms with Gasteiger partial charge in [0.15, 0.2) is 0 Å². The van der Waals surface area contributed by atoms with Crippen LogP contribution in [0.1, 0.15) is 64.5 Å². The molecule has 1 aliphatic heterocycles. The Morgan fingerprint density at radius 3 is 1.70 bits per heavy atom. The molecule has 11 N–H and O–H groups in total. The first-order chi connectivity index (χ1) is 25.5. The molecule has 16 heteroatoms. The van der Waals surface area contributed by atoms with E-state index in [1.807, 2.05) is 27.7 Å². The van der Waals surface area contributed by atoms with Gasteiger partial charge < -0.3 is 53.0 Å². The highest BCUT2D eigenvalue weighted by Crippen LogP contribution is 2.21. The number of nitrogens with two attached hydrogens (primary N) is 2. The van der Waals surface area contributed by atoms with E-state index in [1.165, 1.54) is 29.2 Å². The molecule has 0 spiro atoms. The van der Waals surface area contributed by atoms with E-state index in [0.29, 0.717) is 12.0 Å². The van der Waals surface area contributed by atoms with Crippen molar-refractivity contribution in [3.63, 3.8) is 0 Å². The molecule has 3 rings (SSSR count). The maximum Gasteiger partial charge on any atom is 0.326 e. The summed E-state index contributed by atoms with van der Waals surface area (Å²) in [6, 6.07) is 5.45. The van der Waals surface area contributed by atoms with E-state index in [-0.39, 0.29) is 68.5 Å². The van der Waals surface area contributed by atoms with Crippen LogP contribution in [0.25, 0.3) is 0 Å². The summed E-state index contributed by atoms with van der Waals surface area (Å²) in [6.07, 6.45) is 1.30. The Morgan fingerprint density at radius 2 is 1.19 bits per heavy atom. The molecule has 0 aliphatic carbocycles. The normalized spacial score (nSPS) is 16.9. The summed E-state index contributed by atoms with van der Waals surface area (Å²) >= 11 is 0. The molecular weight excluding hydrogens is 698 g/mol. The molecule has 0 saturated carbocycles. The number of carbonyl (C=O) groups is 6. The second kappa shape index (κ2) is 20.3. The van der Waals surface area contributed by atoms with Gasteiger partial charge in [0.1, 0.15) is 41.7 Å². The summed E-state index contributed by atoms with van der Waals surface area (Å²) in [4.78, 5) is 81.0. The molecule has 0 bridgehead atoms. The van der Waals surface area contributed by atoms with Gasteiger partial charge in [-0.05, 0) is 79.3 Å². The zero-order chi connectivity index (χ0) is 40.1. The fourth-order valence-corrected chi connectivity index (χ4v) is 6.27. The van der Waals surface area contributed by atoms with Crippen molar-refractivity contribution in [2.45, 2.75) is 102 Å². The molecule has 1 heterocycles. The zero-order valence-corrected chi connectivity index (χ0v) is 31.3. The molecule has 6 atom stereocenters. The van der Waals surface area contributed by atoms with Gasteiger partial charge in [-0.25, -0.2) is 4.79 Å². The topological polar surface area (TPSA) is 267 Å². The minimum absolute atomic E-state index is 0.00403. The highest BCUT2D eigenvalue weighted by Gasteiger charge is 2.39. The first kappa shape index (κ1) is 43.2. The molecule has 1 aliphatic rings. The van der Waals surface area contributed by atoms with E-state index < -0.39 is 71.8 Å². The summed E-state index contributed by atoms with van der Waals surface area (Å²) in [5.74, 6) is -4.46. The van der Waals surface area contributed by atoms with Gasteiger partial charge in [-0.2, -0.15) is 0 Å². The molecule has 0 unspecified atom stereocenters. The van der Waals surface area contributed by atoms with Gasteiger partial charge in [0, 0.05) is 19.5 Å². The molecule has 2 aromatic carbocycles. The summed E-state index contributed by atoms with van der Waals surface area (Å²) in [5, 5.41) is 39.4. The van der Waals surface area contributed by atoms with E-state index in [0.717, 1.165) is 5.56 Å². The number of hydrogen-bond donors (Lipinski definition) is 9. The molecular formula is C38H55N7O9.